The number of carbonyl (C=O) groups excluding carboxylic acids is 4. The summed E-state index contributed by atoms with van der Waals surface area (Å²) in [5, 5.41) is 0. The van der Waals surface area contributed by atoms with Gasteiger partial charge in [0.2, 0.25) is 23.2 Å². The van der Waals surface area contributed by atoms with Gasteiger partial charge in [0.25, 0.3) is 11.7 Å². The van der Waals surface area contributed by atoms with Crippen LogP contribution < -0.4 is 0 Å². The second-order valence-corrected chi connectivity index (χ2v) is 5.92. The Balaban J connectivity index is 2.13. The summed E-state index contributed by atoms with van der Waals surface area (Å²) in [4.78, 5) is 48.7. The van der Waals surface area contributed by atoms with Gasteiger partial charge in [0.1, 0.15) is 0 Å². The first-order chi connectivity index (χ1) is 12.2. The normalized spacial score (nSPS) is 22.9. The lowest BCUT2D eigenvalue weighted by atomic mass is 9.91. The lowest BCUT2D eigenvalue weighted by Gasteiger charge is -2.25. The largest absolute Gasteiger partial charge is 0.456 e. The number of Topliss-reactive ketones (excluding diaryl/α,β-unsaturated/α-hetero) is 1. The number of likely N-dealkylation sites (tertiary alicyclic amines) is 1. The number of ether oxygens (including phenoxy) is 2. The molecule has 2 amide bonds. The Kier molecular flexibility index (Phi) is 4.09. The topological polar surface area (TPSA) is 90.0 Å². The molecule has 1 atom stereocenters. The number of halogens is 2. The van der Waals surface area contributed by atoms with Crippen LogP contribution in [0.15, 0.2) is 29.8 Å². The highest BCUT2D eigenvalue weighted by molar-refractivity contribution is 6.08. The van der Waals surface area contributed by atoms with Crippen LogP contribution in [0.25, 0.3) is 0 Å². The number of amides is 2. The van der Waals surface area contributed by atoms with Crippen LogP contribution in [0.1, 0.15) is 32.3 Å². The molecule has 2 aliphatic rings. The van der Waals surface area contributed by atoms with E-state index < -0.39 is 58.0 Å². The molecule has 0 bridgehead atoms. The third kappa shape index (κ3) is 2.56. The van der Waals surface area contributed by atoms with Crippen molar-refractivity contribution >= 4 is 23.6 Å². The van der Waals surface area contributed by atoms with Gasteiger partial charge in [-0.15, -0.1) is 0 Å². The summed E-state index contributed by atoms with van der Waals surface area (Å²) in [5.41, 5.74) is -2.57. The van der Waals surface area contributed by atoms with Crippen LogP contribution in [0.5, 0.6) is 0 Å². The number of nitrogens with zero attached hydrogens (tertiary/aromatic N) is 1. The molecule has 7 nitrogen and oxygen atoms in total. The molecule has 1 aromatic carbocycles. The Labute approximate surface area is 146 Å². The van der Waals surface area contributed by atoms with Gasteiger partial charge in [-0.05, 0) is 13.0 Å². The fourth-order valence-electron chi connectivity index (χ4n) is 2.83. The van der Waals surface area contributed by atoms with E-state index in [0.717, 1.165) is 26.0 Å². The summed E-state index contributed by atoms with van der Waals surface area (Å²) in [6.07, 6.45) is -0.226. The van der Waals surface area contributed by atoms with E-state index in [0.29, 0.717) is 4.90 Å². The van der Waals surface area contributed by atoms with Gasteiger partial charge in [-0.1, -0.05) is 12.1 Å². The van der Waals surface area contributed by atoms with Gasteiger partial charge in [0.05, 0.1) is 0 Å². The lowest BCUT2D eigenvalue weighted by molar-refractivity contribution is -0.144. The van der Waals surface area contributed by atoms with Gasteiger partial charge in [0, 0.05) is 25.3 Å². The number of rotatable bonds is 3. The maximum Gasteiger partial charge on any atom is 0.308 e. The number of esters is 1. The summed E-state index contributed by atoms with van der Waals surface area (Å²) in [6, 6.07) is 3.15. The number of carbonyl (C=O) groups is 4. The Hall–Kier alpha value is -3.10. The van der Waals surface area contributed by atoms with Crippen LogP contribution in [0.2, 0.25) is 0 Å². The summed E-state index contributed by atoms with van der Waals surface area (Å²) >= 11 is 0. The van der Waals surface area contributed by atoms with E-state index in [1.54, 1.807) is 0 Å². The highest BCUT2D eigenvalue weighted by Crippen LogP contribution is 2.42. The predicted octanol–water partition coefficient (Wildman–Crippen LogP) is 1.66. The Morgan fingerprint density at radius 3 is 2.38 bits per heavy atom. The molecule has 0 aliphatic carbocycles. The highest BCUT2D eigenvalue weighted by Gasteiger charge is 2.54. The number of benzene rings is 1. The van der Waals surface area contributed by atoms with Crippen LogP contribution >= 0.6 is 0 Å². The Morgan fingerprint density at radius 1 is 1.19 bits per heavy atom. The molecule has 26 heavy (non-hydrogen) atoms. The van der Waals surface area contributed by atoms with Crippen molar-refractivity contribution < 1.29 is 37.4 Å². The van der Waals surface area contributed by atoms with Crippen molar-refractivity contribution in [2.24, 2.45) is 0 Å². The van der Waals surface area contributed by atoms with Crippen molar-refractivity contribution in [3.8, 4) is 0 Å². The van der Waals surface area contributed by atoms with Gasteiger partial charge < -0.3 is 9.47 Å². The first kappa shape index (κ1) is 17.7. The summed E-state index contributed by atoms with van der Waals surface area (Å²) < 4.78 is 38.1. The second kappa shape index (κ2) is 6.01. The van der Waals surface area contributed by atoms with Crippen molar-refractivity contribution in [1.82, 2.24) is 4.90 Å². The molecule has 1 unspecified atom stereocenters. The molecule has 9 heteroatoms. The summed E-state index contributed by atoms with van der Waals surface area (Å²) in [7, 11) is 0. The molecule has 1 saturated heterocycles. The summed E-state index contributed by atoms with van der Waals surface area (Å²) in [6.45, 7) is 2.14. The summed E-state index contributed by atoms with van der Waals surface area (Å²) in [5.74, 6) is -7.08. The van der Waals surface area contributed by atoms with Gasteiger partial charge in [-0.3, -0.25) is 19.2 Å². The zero-order valence-corrected chi connectivity index (χ0v) is 13.8. The van der Waals surface area contributed by atoms with Gasteiger partial charge >= 0.3 is 5.97 Å². The van der Waals surface area contributed by atoms with E-state index in [4.69, 9.17) is 9.47 Å². The molecule has 0 saturated carbocycles. The van der Waals surface area contributed by atoms with Crippen LogP contribution in [0.4, 0.5) is 8.78 Å². The van der Waals surface area contributed by atoms with Gasteiger partial charge in [-0.25, -0.2) is 13.7 Å². The third-order valence-electron chi connectivity index (χ3n) is 4.10. The molecule has 2 aliphatic heterocycles. The van der Waals surface area contributed by atoms with Crippen LogP contribution in [0, 0.1) is 11.6 Å². The Morgan fingerprint density at radius 2 is 1.81 bits per heavy atom. The third-order valence-corrected chi connectivity index (χ3v) is 4.10. The number of hydrogen-bond donors (Lipinski definition) is 0. The molecule has 0 aromatic heterocycles. The molecular weight excluding hydrogens is 352 g/mol. The molecule has 136 valence electrons. The van der Waals surface area contributed by atoms with Crippen molar-refractivity contribution in [2.75, 3.05) is 0 Å². The number of ketones is 1. The SMILES string of the molecule is CC(=O)OC1=C(N2C(=O)CCC2=O)OC(C)(c2cccc(F)c2F)C1=O. The molecule has 1 fully saturated rings. The minimum atomic E-state index is -2.12. The van der Waals surface area contributed by atoms with Gasteiger partial charge in [0.15, 0.2) is 11.6 Å². The first-order valence-electron chi connectivity index (χ1n) is 7.63. The first-order valence-corrected chi connectivity index (χ1v) is 7.63. The minimum Gasteiger partial charge on any atom is -0.456 e. The fraction of sp³-hybridized carbons (Fsp3) is 0.294. The zero-order chi connectivity index (χ0) is 19.2. The molecule has 3 rings (SSSR count). The highest BCUT2D eigenvalue weighted by atomic mass is 19.2. The van der Waals surface area contributed by atoms with Crippen LogP contribution in [-0.2, 0) is 34.3 Å². The molecule has 0 spiro atoms. The standard InChI is InChI=1S/C17H13F2NO6/c1-8(21)25-14-15(24)17(2,9-4-3-5-10(18)13(9)19)26-16(14)20-11(22)6-7-12(20)23/h3-5H,6-7H2,1-2H3. The van der Waals surface area contributed by atoms with E-state index in [1.807, 2.05) is 0 Å². The maximum atomic E-state index is 14.2. The maximum absolute atomic E-state index is 14.2. The smallest absolute Gasteiger partial charge is 0.308 e. The molecule has 2 heterocycles. The van der Waals surface area contributed by atoms with E-state index in [2.05, 4.69) is 0 Å². The monoisotopic (exact) mass is 365 g/mol. The van der Waals surface area contributed by atoms with Crippen molar-refractivity contribution in [3.05, 3.63) is 47.0 Å². The fourth-order valence-corrected chi connectivity index (χ4v) is 2.83. The predicted molar refractivity (Wildman–Crippen MR) is 79.7 cm³/mol. The number of hydrogen-bond acceptors (Lipinski definition) is 6. The zero-order valence-electron chi connectivity index (χ0n) is 13.8. The van der Waals surface area contributed by atoms with Crippen molar-refractivity contribution in [1.29, 1.82) is 0 Å². The van der Waals surface area contributed by atoms with Crippen LogP contribution in [-0.4, -0.2) is 28.5 Å². The minimum absolute atomic E-state index is 0.113. The molecule has 0 N–H and O–H groups in total. The average Bonchev–Trinajstić information content (AvgIpc) is 3.01. The van der Waals surface area contributed by atoms with E-state index in [-0.39, 0.29) is 12.8 Å². The molecule has 1 aromatic rings. The average molecular weight is 365 g/mol. The second-order valence-electron chi connectivity index (χ2n) is 5.92. The van der Waals surface area contributed by atoms with E-state index in [9.17, 15) is 28.0 Å². The lowest BCUT2D eigenvalue weighted by Crippen LogP contribution is -2.34. The molecule has 0 radical (unpaired) electrons. The quantitative estimate of drug-likeness (QED) is 0.598. The van der Waals surface area contributed by atoms with Crippen molar-refractivity contribution in [2.45, 2.75) is 32.3 Å². The molecular formula is C17H13F2NO6. The Bertz CT molecular complexity index is 877. The van der Waals surface area contributed by atoms with Crippen molar-refractivity contribution in [3.63, 3.8) is 0 Å². The van der Waals surface area contributed by atoms with E-state index in [1.165, 1.54) is 6.07 Å². The van der Waals surface area contributed by atoms with E-state index >= 15 is 0 Å². The van der Waals surface area contributed by atoms with Crippen LogP contribution in [0.3, 0.4) is 0 Å². The number of imide groups is 1. The van der Waals surface area contributed by atoms with Gasteiger partial charge in [-0.2, -0.15) is 0 Å².